The maximum Gasteiger partial charge on any atom is 0.160 e. The van der Waals surface area contributed by atoms with Gasteiger partial charge in [0.05, 0.1) is 0 Å². The highest BCUT2D eigenvalue weighted by atomic mass is 16.3. The molecule has 4 heteroatoms. The van der Waals surface area contributed by atoms with Crippen LogP contribution in [0.2, 0.25) is 0 Å². The summed E-state index contributed by atoms with van der Waals surface area (Å²) in [6.45, 7) is 0. The van der Waals surface area contributed by atoms with Crippen LogP contribution in [0.3, 0.4) is 0 Å². The molecule has 2 N–H and O–H groups in total. The van der Waals surface area contributed by atoms with Gasteiger partial charge < -0.3 is 10.2 Å². The van der Waals surface area contributed by atoms with Gasteiger partial charge in [0.15, 0.2) is 11.5 Å². The van der Waals surface area contributed by atoms with Gasteiger partial charge >= 0.3 is 0 Å². The van der Waals surface area contributed by atoms with Crippen molar-refractivity contribution < 1.29 is 10.2 Å². The van der Waals surface area contributed by atoms with Gasteiger partial charge in [0, 0.05) is 23.9 Å². The molecule has 0 spiro atoms. The molecule has 2 aromatic rings. The molecule has 92 valence electrons. The van der Waals surface area contributed by atoms with Crippen LogP contribution < -0.4 is 0 Å². The largest absolute Gasteiger partial charge is 0.504 e. The Morgan fingerprint density at radius 2 is 1.89 bits per heavy atom. The SMILES string of the molecule is Oc1ccc2c(c1O)CCCC2c1ncccn1. The van der Waals surface area contributed by atoms with Gasteiger partial charge in [-0.15, -0.1) is 0 Å². The van der Waals surface area contributed by atoms with Crippen LogP contribution in [0.5, 0.6) is 11.5 Å². The summed E-state index contributed by atoms with van der Waals surface area (Å²) in [5, 5.41) is 19.5. The van der Waals surface area contributed by atoms with Crippen LogP contribution in [0, 0.1) is 0 Å². The highest BCUT2D eigenvalue weighted by molar-refractivity contribution is 5.52. The molecule has 0 saturated carbocycles. The molecule has 1 aromatic heterocycles. The van der Waals surface area contributed by atoms with Gasteiger partial charge in [0.25, 0.3) is 0 Å². The van der Waals surface area contributed by atoms with E-state index in [0.717, 1.165) is 36.2 Å². The quantitative estimate of drug-likeness (QED) is 0.753. The molecule has 18 heavy (non-hydrogen) atoms. The fourth-order valence-electron chi connectivity index (χ4n) is 2.63. The van der Waals surface area contributed by atoms with Gasteiger partial charge in [-0.25, -0.2) is 9.97 Å². The van der Waals surface area contributed by atoms with Crippen molar-refractivity contribution in [2.45, 2.75) is 25.2 Å². The molecule has 0 fully saturated rings. The lowest BCUT2D eigenvalue weighted by Gasteiger charge is -2.25. The van der Waals surface area contributed by atoms with Crippen molar-refractivity contribution in [2.75, 3.05) is 0 Å². The average molecular weight is 242 g/mol. The van der Waals surface area contributed by atoms with E-state index in [-0.39, 0.29) is 17.4 Å². The Labute approximate surface area is 105 Å². The Morgan fingerprint density at radius 1 is 1.11 bits per heavy atom. The molecule has 0 saturated heterocycles. The summed E-state index contributed by atoms with van der Waals surface area (Å²) in [4.78, 5) is 8.60. The molecule has 0 radical (unpaired) electrons. The first-order valence-electron chi connectivity index (χ1n) is 6.08. The van der Waals surface area contributed by atoms with Crippen LogP contribution in [-0.2, 0) is 6.42 Å². The fourth-order valence-corrected chi connectivity index (χ4v) is 2.63. The number of rotatable bonds is 1. The molecule has 1 aliphatic rings. The molecule has 1 aromatic carbocycles. The molecule has 3 rings (SSSR count). The van der Waals surface area contributed by atoms with Crippen molar-refractivity contribution in [1.29, 1.82) is 0 Å². The van der Waals surface area contributed by atoms with Crippen LogP contribution in [0.25, 0.3) is 0 Å². The first-order valence-corrected chi connectivity index (χ1v) is 6.08. The molecule has 0 bridgehead atoms. The Bertz CT molecular complexity index is 570. The van der Waals surface area contributed by atoms with E-state index in [1.165, 1.54) is 6.07 Å². The summed E-state index contributed by atoms with van der Waals surface area (Å²) in [7, 11) is 0. The molecule has 1 unspecified atom stereocenters. The molecule has 1 atom stereocenters. The van der Waals surface area contributed by atoms with Crippen molar-refractivity contribution in [3.8, 4) is 11.5 Å². The number of phenolic OH excluding ortho intramolecular Hbond substituents is 2. The van der Waals surface area contributed by atoms with Crippen LogP contribution >= 0.6 is 0 Å². The van der Waals surface area contributed by atoms with E-state index in [9.17, 15) is 10.2 Å². The second-order valence-corrected chi connectivity index (χ2v) is 4.55. The summed E-state index contributed by atoms with van der Waals surface area (Å²) in [6, 6.07) is 5.20. The zero-order valence-corrected chi connectivity index (χ0v) is 9.87. The standard InChI is InChI=1S/C14H14N2O2/c17-12-6-5-9-10(13(12)18)3-1-4-11(9)14-15-7-2-8-16-14/h2,5-8,11,17-18H,1,3-4H2. The monoisotopic (exact) mass is 242 g/mol. The smallest absolute Gasteiger partial charge is 0.160 e. The minimum Gasteiger partial charge on any atom is -0.504 e. The van der Waals surface area contributed by atoms with E-state index in [0.29, 0.717) is 0 Å². The van der Waals surface area contributed by atoms with Crippen molar-refractivity contribution in [1.82, 2.24) is 9.97 Å². The predicted molar refractivity (Wildman–Crippen MR) is 66.6 cm³/mol. The van der Waals surface area contributed by atoms with Crippen molar-refractivity contribution in [2.24, 2.45) is 0 Å². The lowest BCUT2D eigenvalue weighted by atomic mass is 9.81. The van der Waals surface area contributed by atoms with Gasteiger partial charge in [0.1, 0.15) is 5.82 Å². The zero-order valence-electron chi connectivity index (χ0n) is 9.87. The minimum atomic E-state index is -0.0524. The number of hydrogen-bond donors (Lipinski definition) is 2. The van der Waals surface area contributed by atoms with E-state index in [2.05, 4.69) is 9.97 Å². The van der Waals surface area contributed by atoms with E-state index in [1.807, 2.05) is 6.07 Å². The highest BCUT2D eigenvalue weighted by Gasteiger charge is 2.26. The van der Waals surface area contributed by atoms with E-state index >= 15 is 0 Å². The summed E-state index contributed by atoms with van der Waals surface area (Å²) in [5.74, 6) is 0.849. The van der Waals surface area contributed by atoms with E-state index < -0.39 is 0 Å². The van der Waals surface area contributed by atoms with Crippen LogP contribution in [0.15, 0.2) is 30.6 Å². The van der Waals surface area contributed by atoms with Crippen molar-refractivity contribution in [3.63, 3.8) is 0 Å². The maximum atomic E-state index is 9.92. The lowest BCUT2D eigenvalue weighted by molar-refractivity contribution is 0.394. The first kappa shape index (κ1) is 11.0. The van der Waals surface area contributed by atoms with Crippen LogP contribution in [0.1, 0.15) is 35.7 Å². The molecule has 1 heterocycles. The first-order chi connectivity index (χ1) is 8.77. The predicted octanol–water partition coefficient (Wildman–Crippen LogP) is 2.36. The number of fused-ring (bicyclic) bond motifs is 1. The molecular weight excluding hydrogens is 228 g/mol. The third-order valence-electron chi connectivity index (χ3n) is 3.49. The number of hydrogen-bond acceptors (Lipinski definition) is 4. The number of phenols is 2. The topological polar surface area (TPSA) is 66.2 Å². The second-order valence-electron chi connectivity index (χ2n) is 4.55. The minimum absolute atomic E-state index is 0.00753. The average Bonchev–Trinajstić information content (AvgIpc) is 2.43. The van der Waals surface area contributed by atoms with Crippen LogP contribution in [-0.4, -0.2) is 20.2 Å². The number of aromatic hydroxyl groups is 2. The summed E-state index contributed by atoms with van der Waals surface area (Å²) in [6.07, 6.45) is 6.20. The molecular formula is C14H14N2O2. The Morgan fingerprint density at radius 3 is 2.67 bits per heavy atom. The van der Waals surface area contributed by atoms with Crippen molar-refractivity contribution in [3.05, 3.63) is 47.5 Å². The van der Waals surface area contributed by atoms with Gasteiger partial charge in [0.2, 0.25) is 0 Å². The normalized spacial score (nSPS) is 18.3. The summed E-state index contributed by atoms with van der Waals surface area (Å²) >= 11 is 0. The third-order valence-corrected chi connectivity index (χ3v) is 3.49. The van der Waals surface area contributed by atoms with Crippen molar-refractivity contribution >= 4 is 0 Å². The molecule has 1 aliphatic carbocycles. The number of nitrogens with zero attached hydrogens (tertiary/aromatic N) is 2. The number of benzene rings is 1. The lowest BCUT2D eigenvalue weighted by Crippen LogP contribution is -2.13. The van der Waals surface area contributed by atoms with Gasteiger partial charge in [-0.2, -0.15) is 0 Å². The molecule has 0 aliphatic heterocycles. The Balaban J connectivity index is 2.11. The van der Waals surface area contributed by atoms with E-state index in [4.69, 9.17) is 0 Å². The molecule has 4 nitrogen and oxygen atoms in total. The van der Waals surface area contributed by atoms with Gasteiger partial charge in [-0.3, -0.25) is 0 Å². The Kier molecular flexibility index (Phi) is 2.63. The van der Waals surface area contributed by atoms with Gasteiger partial charge in [-0.05, 0) is 37.0 Å². The molecule has 0 amide bonds. The maximum absolute atomic E-state index is 9.92. The highest BCUT2D eigenvalue weighted by Crippen LogP contribution is 2.42. The summed E-state index contributed by atoms with van der Waals surface area (Å²) in [5.41, 5.74) is 1.86. The Hall–Kier alpha value is -2.10. The van der Waals surface area contributed by atoms with E-state index in [1.54, 1.807) is 18.5 Å². The third kappa shape index (κ3) is 1.70. The second kappa shape index (κ2) is 4.29. The van der Waals surface area contributed by atoms with Crippen LogP contribution in [0.4, 0.5) is 0 Å². The zero-order chi connectivity index (χ0) is 12.5. The fraction of sp³-hybridized carbons (Fsp3) is 0.286. The number of aromatic nitrogens is 2. The van der Waals surface area contributed by atoms with Gasteiger partial charge in [-0.1, -0.05) is 6.07 Å². The summed E-state index contributed by atoms with van der Waals surface area (Å²) < 4.78 is 0.